The zero-order valence-electron chi connectivity index (χ0n) is 18.4. The van der Waals surface area contributed by atoms with Crippen LogP contribution in [0.25, 0.3) is 16.6 Å². The van der Waals surface area contributed by atoms with E-state index in [0.29, 0.717) is 27.8 Å². The van der Waals surface area contributed by atoms with E-state index >= 15 is 0 Å². The van der Waals surface area contributed by atoms with E-state index in [2.05, 4.69) is 20.7 Å². The van der Waals surface area contributed by atoms with Crippen molar-refractivity contribution >= 4 is 34.1 Å². The Hall–Kier alpha value is -3.94. The molecule has 1 fully saturated rings. The molecule has 2 amide bonds. The van der Waals surface area contributed by atoms with Crippen molar-refractivity contribution in [3.8, 4) is 0 Å². The molecule has 0 spiro atoms. The van der Waals surface area contributed by atoms with E-state index in [-0.39, 0.29) is 23.1 Å². The molecule has 0 unspecified atom stereocenters. The van der Waals surface area contributed by atoms with Gasteiger partial charge in [-0.05, 0) is 55.7 Å². The SMILES string of the molecule is Cc1cc(C(=O)NC2CCCCC2)ccc1NC(=O)c1cnn2c1[nH]c(=O)c1ccccc12. The number of carbonyl (C=O) groups excluding carboxylic acids is 2. The van der Waals surface area contributed by atoms with E-state index in [9.17, 15) is 14.4 Å². The topological polar surface area (TPSA) is 108 Å². The summed E-state index contributed by atoms with van der Waals surface area (Å²) >= 11 is 0. The molecule has 0 aliphatic heterocycles. The van der Waals surface area contributed by atoms with Gasteiger partial charge in [0.15, 0.2) is 0 Å². The van der Waals surface area contributed by atoms with E-state index in [1.165, 1.54) is 12.6 Å². The van der Waals surface area contributed by atoms with Crippen LogP contribution in [0.15, 0.2) is 53.5 Å². The molecule has 0 bridgehead atoms. The highest BCUT2D eigenvalue weighted by molar-refractivity contribution is 6.09. The Morgan fingerprint density at radius 1 is 1.06 bits per heavy atom. The van der Waals surface area contributed by atoms with Crippen LogP contribution in [0.5, 0.6) is 0 Å². The van der Waals surface area contributed by atoms with Gasteiger partial charge in [-0.3, -0.25) is 14.4 Å². The fourth-order valence-electron chi connectivity index (χ4n) is 4.49. The second kappa shape index (κ2) is 8.54. The third-order valence-electron chi connectivity index (χ3n) is 6.30. The molecule has 8 heteroatoms. The normalized spacial score (nSPS) is 14.5. The summed E-state index contributed by atoms with van der Waals surface area (Å²) in [5.74, 6) is -0.478. The van der Waals surface area contributed by atoms with E-state index in [4.69, 9.17) is 0 Å². The molecule has 4 aromatic rings. The minimum Gasteiger partial charge on any atom is -0.349 e. The minimum absolute atomic E-state index is 0.0880. The molecule has 33 heavy (non-hydrogen) atoms. The van der Waals surface area contributed by atoms with Crippen LogP contribution < -0.4 is 16.2 Å². The van der Waals surface area contributed by atoms with Gasteiger partial charge in [0, 0.05) is 17.3 Å². The van der Waals surface area contributed by atoms with Crippen LogP contribution in [0.4, 0.5) is 5.69 Å². The van der Waals surface area contributed by atoms with Gasteiger partial charge in [-0.25, -0.2) is 4.52 Å². The number of amides is 2. The number of H-pyrrole nitrogens is 1. The third kappa shape index (κ3) is 4.00. The number of nitrogens with one attached hydrogen (secondary N) is 3. The molecule has 1 aliphatic rings. The molecule has 2 aromatic carbocycles. The lowest BCUT2D eigenvalue weighted by Gasteiger charge is -2.23. The van der Waals surface area contributed by atoms with Crippen molar-refractivity contribution in [2.24, 2.45) is 0 Å². The van der Waals surface area contributed by atoms with Crippen LogP contribution in [0, 0.1) is 6.92 Å². The molecule has 0 atom stereocenters. The van der Waals surface area contributed by atoms with Crippen molar-refractivity contribution < 1.29 is 9.59 Å². The van der Waals surface area contributed by atoms with Crippen molar-refractivity contribution in [3.05, 3.63) is 75.7 Å². The predicted molar refractivity (Wildman–Crippen MR) is 127 cm³/mol. The van der Waals surface area contributed by atoms with Gasteiger partial charge >= 0.3 is 0 Å². The zero-order chi connectivity index (χ0) is 22.9. The van der Waals surface area contributed by atoms with Gasteiger partial charge in [-0.15, -0.1) is 0 Å². The average molecular weight is 444 g/mol. The fraction of sp³-hybridized carbons (Fsp3) is 0.280. The monoisotopic (exact) mass is 443 g/mol. The molecular formula is C25H25N5O3. The molecule has 5 rings (SSSR count). The number of carbonyl (C=O) groups is 2. The Labute approximate surface area is 190 Å². The molecule has 1 saturated carbocycles. The summed E-state index contributed by atoms with van der Waals surface area (Å²) in [6.07, 6.45) is 7.02. The summed E-state index contributed by atoms with van der Waals surface area (Å²) in [5.41, 5.74) is 2.88. The van der Waals surface area contributed by atoms with E-state index in [0.717, 1.165) is 31.2 Å². The molecule has 0 saturated heterocycles. The lowest BCUT2D eigenvalue weighted by Crippen LogP contribution is -2.36. The Morgan fingerprint density at radius 2 is 1.85 bits per heavy atom. The van der Waals surface area contributed by atoms with Crippen molar-refractivity contribution in [2.45, 2.75) is 45.1 Å². The maximum Gasteiger partial charge on any atom is 0.261 e. The molecule has 8 nitrogen and oxygen atoms in total. The number of para-hydroxylation sites is 1. The summed E-state index contributed by atoms with van der Waals surface area (Å²) in [4.78, 5) is 40.8. The molecular weight excluding hydrogens is 418 g/mol. The van der Waals surface area contributed by atoms with Gasteiger partial charge in [-0.2, -0.15) is 5.10 Å². The van der Waals surface area contributed by atoms with Crippen LogP contribution in [-0.4, -0.2) is 32.5 Å². The van der Waals surface area contributed by atoms with E-state index in [1.54, 1.807) is 40.9 Å². The van der Waals surface area contributed by atoms with Crippen molar-refractivity contribution in [1.82, 2.24) is 19.9 Å². The molecule has 0 radical (unpaired) electrons. The van der Waals surface area contributed by atoms with Crippen molar-refractivity contribution in [3.63, 3.8) is 0 Å². The number of aromatic amines is 1. The van der Waals surface area contributed by atoms with Crippen LogP contribution >= 0.6 is 0 Å². The highest BCUT2D eigenvalue weighted by atomic mass is 16.2. The Balaban J connectivity index is 1.37. The molecule has 1 aliphatic carbocycles. The van der Waals surface area contributed by atoms with Crippen LogP contribution in [0.3, 0.4) is 0 Å². The Morgan fingerprint density at radius 3 is 2.64 bits per heavy atom. The number of benzene rings is 2. The summed E-state index contributed by atoms with van der Waals surface area (Å²) < 4.78 is 1.55. The number of aromatic nitrogens is 3. The quantitative estimate of drug-likeness (QED) is 0.446. The first-order valence-electron chi connectivity index (χ1n) is 11.2. The number of rotatable bonds is 4. The van der Waals surface area contributed by atoms with Gasteiger partial charge in [0.05, 0.1) is 17.1 Å². The highest BCUT2D eigenvalue weighted by Crippen LogP contribution is 2.21. The smallest absolute Gasteiger partial charge is 0.261 e. The minimum atomic E-state index is -0.390. The number of hydrogen-bond donors (Lipinski definition) is 3. The van der Waals surface area contributed by atoms with E-state index < -0.39 is 5.91 Å². The first-order chi connectivity index (χ1) is 16.0. The Bertz CT molecular complexity index is 1430. The zero-order valence-corrected chi connectivity index (χ0v) is 18.4. The first kappa shape index (κ1) is 20.9. The summed E-state index contributed by atoms with van der Waals surface area (Å²) in [7, 11) is 0. The average Bonchev–Trinajstić information content (AvgIpc) is 3.25. The third-order valence-corrected chi connectivity index (χ3v) is 6.30. The standard InChI is InChI=1S/C25H25N5O3/c1-15-13-16(23(31)27-17-7-3-2-4-8-17)11-12-20(15)28-25(33)19-14-26-30-21-10-6-5-9-18(21)24(32)29-22(19)30/h5-6,9-14,17H,2-4,7-8H2,1H3,(H,27,31)(H,28,33)(H,29,32). The fourth-order valence-corrected chi connectivity index (χ4v) is 4.49. The van der Waals surface area contributed by atoms with Crippen LogP contribution in [-0.2, 0) is 0 Å². The van der Waals surface area contributed by atoms with Crippen molar-refractivity contribution in [1.29, 1.82) is 0 Å². The van der Waals surface area contributed by atoms with Gasteiger partial charge in [0.2, 0.25) is 0 Å². The number of nitrogens with zero attached hydrogens (tertiary/aromatic N) is 2. The molecule has 168 valence electrons. The number of hydrogen-bond acceptors (Lipinski definition) is 4. The van der Waals surface area contributed by atoms with E-state index in [1.807, 2.05) is 13.0 Å². The molecule has 3 N–H and O–H groups in total. The van der Waals surface area contributed by atoms with Crippen LogP contribution in [0.1, 0.15) is 58.4 Å². The molecule has 2 aromatic heterocycles. The van der Waals surface area contributed by atoms with Gasteiger partial charge in [0.1, 0.15) is 11.2 Å². The first-order valence-corrected chi connectivity index (χ1v) is 11.2. The Kier molecular flexibility index (Phi) is 5.42. The lowest BCUT2D eigenvalue weighted by atomic mass is 9.95. The number of fused-ring (bicyclic) bond motifs is 3. The second-order valence-electron chi connectivity index (χ2n) is 8.58. The highest BCUT2D eigenvalue weighted by Gasteiger charge is 2.19. The largest absolute Gasteiger partial charge is 0.349 e. The van der Waals surface area contributed by atoms with Crippen LogP contribution in [0.2, 0.25) is 0 Å². The molecule has 2 heterocycles. The lowest BCUT2D eigenvalue weighted by molar-refractivity contribution is 0.0927. The summed E-state index contributed by atoms with van der Waals surface area (Å²) in [5, 5.41) is 10.8. The van der Waals surface area contributed by atoms with Gasteiger partial charge < -0.3 is 15.6 Å². The van der Waals surface area contributed by atoms with Gasteiger partial charge in [-0.1, -0.05) is 31.4 Å². The maximum atomic E-state index is 13.0. The predicted octanol–water partition coefficient (Wildman–Crippen LogP) is 3.80. The van der Waals surface area contributed by atoms with Gasteiger partial charge in [0.25, 0.3) is 17.4 Å². The number of aryl methyl sites for hydroxylation is 1. The summed E-state index contributed by atoms with van der Waals surface area (Å²) in [6, 6.07) is 12.6. The second-order valence-corrected chi connectivity index (χ2v) is 8.58. The van der Waals surface area contributed by atoms with Crippen molar-refractivity contribution in [2.75, 3.05) is 5.32 Å². The number of anilines is 1. The maximum absolute atomic E-state index is 13.0. The summed E-state index contributed by atoms with van der Waals surface area (Å²) in [6.45, 7) is 1.85.